The highest BCUT2D eigenvalue weighted by Crippen LogP contribution is 2.92. The van der Waals surface area contributed by atoms with Gasteiger partial charge < -0.3 is 31.1 Å². The Kier molecular flexibility index (Phi) is 14.2. The summed E-state index contributed by atoms with van der Waals surface area (Å²) >= 11 is 0. The largest absolute Gasteiger partial charge is 0.516 e. The Labute approximate surface area is 548 Å². The molecule has 17 atom stereocenters. The molecule has 92 heavy (non-hydrogen) atoms. The van der Waals surface area contributed by atoms with Gasteiger partial charge in [0.05, 0.1) is 30.2 Å². The van der Waals surface area contributed by atoms with Crippen molar-refractivity contribution in [3.05, 3.63) is 182 Å². The normalized spacial score (nSPS) is 42.8. The Morgan fingerprint density at radius 2 is 1.64 bits per heavy atom. The molecule has 16 bridgehead atoms. The molecule has 17 unspecified atom stereocenters. The molecule has 6 heterocycles. The van der Waals surface area contributed by atoms with E-state index >= 15 is 4.79 Å². The van der Waals surface area contributed by atoms with Crippen molar-refractivity contribution in [2.24, 2.45) is 96.6 Å². The van der Waals surface area contributed by atoms with Crippen LogP contribution < -0.4 is 21.1 Å². The van der Waals surface area contributed by atoms with Crippen molar-refractivity contribution in [1.82, 2.24) is 10.6 Å². The lowest BCUT2D eigenvalue weighted by molar-refractivity contribution is -0.208. The van der Waals surface area contributed by atoms with Crippen molar-refractivity contribution < 1.29 is 25.2 Å². The summed E-state index contributed by atoms with van der Waals surface area (Å²) in [5.74, 6) is 1.66. The number of aliphatic carboxylic acids is 1. The maximum atomic E-state index is 15.4. The molecule has 4 spiro atoms. The summed E-state index contributed by atoms with van der Waals surface area (Å²) in [6.45, 7) is 11.5. The molecule has 484 valence electrons. The fourth-order valence-corrected chi connectivity index (χ4v) is 27.3. The second-order valence-corrected chi connectivity index (χ2v) is 34.1. The lowest BCUT2D eigenvalue weighted by Gasteiger charge is -2.77. The number of carbonyl (C=O) groups is 1. The minimum atomic E-state index is -1.05. The van der Waals surface area contributed by atoms with E-state index < -0.39 is 45.8 Å². The van der Waals surface area contributed by atoms with Gasteiger partial charge in [-0.05, 0) is 254 Å². The molecule has 3 aromatic rings. The molecular weight excluding hydrogens is 1130 g/mol. The smallest absolute Gasteiger partial charge is 0.307 e. The molecule has 0 saturated heterocycles. The van der Waals surface area contributed by atoms with Gasteiger partial charge >= 0.3 is 5.97 Å². The maximum Gasteiger partial charge on any atom is 0.307 e. The summed E-state index contributed by atoms with van der Waals surface area (Å²) in [5, 5.41) is 62.2. The molecule has 6 fully saturated rings. The lowest BCUT2D eigenvalue weighted by atomic mass is 9.26. The summed E-state index contributed by atoms with van der Waals surface area (Å²) in [6, 6.07) is 30.0. The molecule has 6 saturated carbocycles. The molecule has 12 aliphatic carbocycles. The maximum absolute atomic E-state index is 15.4. The minimum Gasteiger partial charge on any atom is -0.516 e. The van der Waals surface area contributed by atoms with E-state index in [9.17, 15) is 20.4 Å². The van der Waals surface area contributed by atoms with Gasteiger partial charge in [0.1, 0.15) is 0 Å². The van der Waals surface area contributed by atoms with Crippen LogP contribution in [0.15, 0.2) is 155 Å². The number of carboxylic acids is 1. The number of hydrogen-bond donors (Lipinski definition) is 6. The summed E-state index contributed by atoms with van der Waals surface area (Å²) < 4.78 is 0. The SMILES string of the molecule is CC(C)CC1=CCC2(C)C(O)CCC34C5=C6CC1(C=C1C(=c7ccccc7=CC13)Cc1cccc(c1)C1=CC=C(NCCCC(C3CCCCC3)C(=CO)CCC(C(=O)O)C37C=CC8C9(CCC(Cc%10ccccc%10)C9)CCC89CCC(C5)C3(C)C69CC7O)NC1)C24. The van der Waals surface area contributed by atoms with Gasteiger partial charge in [-0.25, -0.2) is 0 Å². The van der Waals surface area contributed by atoms with Crippen LogP contribution in [0.5, 0.6) is 0 Å². The molecule has 18 aliphatic rings. The van der Waals surface area contributed by atoms with Crippen molar-refractivity contribution in [2.75, 3.05) is 13.1 Å². The molecule has 6 N–H and O–H groups in total. The monoisotopic (exact) mass is 1230 g/mol. The van der Waals surface area contributed by atoms with Crippen molar-refractivity contribution in [1.29, 1.82) is 0 Å². The van der Waals surface area contributed by atoms with Gasteiger partial charge in [-0.2, -0.15) is 0 Å². The van der Waals surface area contributed by atoms with Gasteiger partial charge in [-0.1, -0.05) is 179 Å². The summed E-state index contributed by atoms with van der Waals surface area (Å²) in [6.07, 6.45) is 42.8. The Morgan fingerprint density at radius 3 is 2.45 bits per heavy atom. The van der Waals surface area contributed by atoms with Crippen molar-refractivity contribution >= 4 is 23.2 Å². The van der Waals surface area contributed by atoms with Crippen LogP contribution in [-0.4, -0.2) is 51.7 Å². The van der Waals surface area contributed by atoms with Gasteiger partial charge in [0.2, 0.25) is 0 Å². The first kappa shape index (κ1) is 60.1. The number of carboxylic acid groups (broad SMARTS) is 1. The van der Waals surface area contributed by atoms with E-state index in [-0.39, 0.29) is 51.2 Å². The summed E-state index contributed by atoms with van der Waals surface area (Å²) in [4.78, 5) is 15.4. The van der Waals surface area contributed by atoms with Crippen LogP contribution in [0.25, 0.3) is 17.2 Å². The van der Waals surface area contributed by atoms with Gasteiger partial charge in [-0.15, -0.1) is 0 Å². The first-order chi connectivity index (χ1) is 44.6. The zero-order valence-electron chi connectivity index (χ0n) is 55.8. The van der Waals surface area contributed by atoms with E-state index in [4.69, 9.17) is 0 Å². The number of hydrogen-bond acceptors (Lipinski definition) is 6. The molecule has 7 nitrogen and oxygen atoms in total. The van der Waals surface area contributed by atoms with Crippen LogP contribution in [0.1, 0.15) is 192 Å². The first-order valence-electron chi connectivity index (χ1n) is 37.2. The van der Waals surface area contributed by atoms with Crippen LogP contribution in [0.2, 0.25) is 0 Å². The van der Waals surface area contributed by atoms with Gasteiger partial charge in [0.25, 0.3) is 0 Å². The quantitative estimate of drug-likeness (QED) is 0.107. The molecule has 21 rings (SSSR count). The minimum absolute atomic E-state index is 0.0766. The van der Waals surface area contributed by atoms with Crippen LogP contribution in [-0.2, 0) is 17.6 Å². The predicted octanol–water partition coefficient (Wildman–Crippen LogP) is 16.1. The number of fused-ring (bicyclic) bond motifs is 2. The molecule has 6 aliphatic heterocycles. The van der Waals surface area contributed by atoms with Gasteiger partial charge in [-0.3, -0.25) is 4.79 Å². The number of rotatable bonds is 6. The van der Waals surface area contributed by atoms with E-state index in [0.717, 1.165) is 121 Å². The molecular formula is C85H104N2O5. The van der Waals surface area contributed by atoms with Gasteiger partial charge in [0.15, 0.2) is 0 Å². The van der Waals surface area contributed by atoms with E-state index in [1.165, 1.54) is 95.1 Å². The standard InChI is InChI=1S/C85H104N2O5/c1-53(2)41-63-29-33-78(3)73(89)32-36-83-69-45-59-20-11-12-22-65(59)66-44-55-17-13-21-58(43-55)60-25-27-75(87-51-60)86-40-14-23-64(57-18-9-6-10-19-57)61(52-88)24-26-68(76(91)92)84-37-31-72-80(34-28-56(47-80)42-54-15-7-5-8-16-54)38-39-82(72)35-30-62-46-70(83)71(49-81(63,77(78)83)48-67(66)69)85(82,50-74(84)90)79(62,84)4/h5,7-8,11-13,15-17,20-22,25,27,29,31,37,43,45,48,52-53,56-57,62,64,68-69,72-74,77,86-90H,6,9-10,14,18-19,23-24,26,28,30,32-36,38-42,44,46-47,49-51H2,1-4H3,(H,91,92). The van der Waals surface area contributed by atoms with Crippen molar-refractivity contribution in [2.45, 2.75) is 200 Å². The Hall–Kier alpha value is -5.63. The average Bonchev–Trinajstić information content (AvgIpc) is 1.31. The van der Waals surface area contributed by atoms with Crippen molar-refractivity contribution in [3.8, 4) is 0 Å². The molecule has 0 amide bonds. The first-order valence-corrected chi connectivity index (χ1v) is 37.2. The van der Waals surface area contributed by atoms with E-state index in [2.05, 4.69) is 160 Å². The Balaban J connectivity index is 0.922. The van der Waals surface area contributed by atoms with E-state index in [1.54, 1.807) is 16.7 Å². The zero-order chi connectivity index (χ0) is 62.8. The van der Waals surface area contributed by atoms with E-state index in [1.807, 2.05) is 0 Å². The molecule has 0 aromatic heterocycles. The summed E-state index contributed by atoms with van der Waals surface area (Å²) in [7, 11) is 0. The third-order valence-corrected chi connectivity index (χ3v) is 30.4. The van der Waals surface area contributed by atoms with Crippen LogP contribution in [0, 0.1) is 96.6 Å². The number of nitrogens with one attached hydrogen (secondary N) is 2. The van der Waals surface area contributed by atoms with E-state index in [0.29, 0.717) is 37.0 Å². The number of aliphatic hydroxyl groups excluding tert-OH is 3. The van der Waals surface area contributed by atoms with Crippen LogP contribution in [0.4, 0.5) is 0 Å². The number of benzene rings is 3. The topological polar surface area (TPSA) is 122 Å². The fraction of sp³-hybridized carbons (Fsp3) is 0.588. The number of allylic oxidation sites excluding steroid dienone is 10. The second kappa shape index (κ2) is 21.7. The van der Waals surface area contributed by atoms with Crippen LogP contribution in [0.3, 0.4) is 0 Å². The molecule has 0 radical (unpaired) electrons. The Bertz CT molecular complexity index is 3870. The fourth-order valence-electron chi connectivity index (χ4n) is 27.3. The average molecular weight is 1230 g/mol. The summed E-state index contributed by atoms with van der Waals surface area (Å²) in [5.41, 5.74) is 10.9. The van der Waals surface area contributed by atoms with Crippen LogP contribution >= 0.6 is 0 Å². The second-order valence-electron chi connectivity index (χ2n) is 34.1. The third kappa shape index (κ3) is 8.08. The van der Waals surface area contributed by atoms with Crippen molar-refractivity contribution in [3.63, 3.8) is 0 Å². The number of aliphatic hydroxyl groups is 3. The zero-order valence-corrected chi connectivity index (χ0v) is 55.8. The van der Waals surface area contributed by atoms with Gasteiger partial charge in [0, 0.05) is 46.1 Å². The Morgan fingerprint density at radius 1 is 0.804 bits per heavy atom. The highest BCUT2D eigenvalue weighted by Gasteiger charge is 2.87. The third-order valence-electron chi connectivity index (χ3n) is 30.4. The highest BCUT2D eigenvalue weighted by molar-refractivity contribution is 5.79. The number of dihydropyridines is 1. The highest BCUT2D eigenvalue weighted by atomic mass is 16.4. The predicted molar refractivity (Wildman–Crippen MR) is 368 cm³/mol. The molecule has 3 aromatic carbocycles. The lowest BCUT2D eigenvalue weighted by Crippen LogP contribution is -2.72. The molecule has 7 heteroatoms.